The van der Waals surface area contributed by atoms with E-state index in [-0.39, 0.29) is 17.9 Å². The summed E-state index contributed by atoms with van der Waals surface area (Å²) in [4.78, 5) is 35.4. The summed E-state index contributed by atoms with van der Waals surface area (Å²) in [6, 6.07) is 15.6. The predicted molar refractivity (Wildman–Crippen MR) is 138 cm³/mol. The van der Waals surface area contributed by atoms with Crippen LogP contribution >= 0.6 is 11.3 Å². The van der Waals surface area contributed by atoms with E-state index < -0.39 is 0 Å². The summed E-state index contributed by atoms with van der Waals surface area (Å²) < 4.78 is 1.92. The van der Waals surface area contributed by atoms with Gasteiger partial charge in [0.05, 0.1) is 11.7 Å². The maximum absolute atomic E-state index is 13.0. The Morgan fingerprint density at radius 3 is 2.66 bits per heavy atom. The molecule has 0 radical (unpaired) electrons. The van der Waals surface area contributed by atoms with Gasteiger partial charge in [-0.2, -0.15) is 0 Å². The third-order valence-electron chi connectivity index (χ3n) is 6.02. The first-order valence-corrected chi connectivity index (χ1v) is 12.4. The Bertz CT molecular complexity index is 1320. The third kappa shape index (κ3) is 5.25. The van der Waals surface area contributed by atoms with Crippen LogP contribution in [0, 0.1) is 0 Å². The van der Waals surface area contributed by atoms with Crippen molar-refractivity contribution in [2.24, 2.45) is 0 Å². The lowest BCUT2D eigenvalue weighted by molar-refractivity contribution is -0.114. The highest BCUT2D eigenvalue weighted by atomic mass is 32.1. The standard InChI is InChI=1S/C26H26N6O2S/c1-18(33)28-20-6-8-21(9-7-20)32-15-3-4-23(32)22-17-35-26(29-22)30-25(34)24-5-2-14-31(24)16-19-10-12-27-13-11-19/h2,5-14,17,23H,3-4,15-16H2,1H3,(H,28,33)(H,29,30,34)/t23-/m1/s1. The van der Waals surface area contributed by atoms with Crippen LogP contribution in [-0.4, -0.2) is 32.9 Å². The molecule has 1 aliphatic rings. The van der Waals surface area contributed by atoms with Gasteiger partial charge in [0.2, 0.25) is 5.91 Å². The van der Waals surface area contributed by atoms with Crippen LogP contribution < -0.4 is 15.5 Å². The number of thiazole rings is 1. The number of carbonyl (C=O) groups is 2. The fourth-order valence-electron chi connectivity index (χ4n) is 4.42. The molecule has 0 spiro atoms. The van der Waals surface area contributed by atoms with Gasteiger partial charge < -0.3 is 14.8 Å². The van der Waals surface area contributed by atoms with Crippen molar-refractivity contribution in [3.05, 3.63) is 89.5 Å². The van der Waals surface area contributed by atoms with E-state index in [4.69, 9.17) is 4.98 Å². The van der Waals surface area contributed by atoms with Crippen LogP contribution in [0.25, 0.3) is 0 Å². The van der Waals surface area contributed by atoms with Gasteiger partial charge in [-0.3, -0.25) is 19.9 Å². The van der Waals surface area contributed by atoms with Gasteiger partial charge >= 0.3 is 0 Å². The normalized spacial score (nSPS) is 15.2. The molecule has 1 saturated heterocycles. The number of hydrogen-bond donors (Lipinski definition) is 2. The van der Waals surface area contributed by atoms with Gasteiger partial charge in [0, 0.05) is 55.4 Å². The second-order valence-corrected chi connectivity index (χ2v) is 9.35. The minimum atomic E-state index is -0.179. The number of carbonyl (C=O) groups excluding carboxylic acids is 2. The van der Waals surface area contributed by atoms with Crippen molar-refractivity contribution in [2.75, 3.05) is 22.1 Å². The van der Waals surface area contributed by atoms with Crippen LogP contribution in [0.15, 0.2) is 72.5 Å². The van der Waals surface area contributed by atoms with Crippen molar-refractivity contribution >= 4 is 39.7 Å². The first-order chi connectivity index (χ1) is 17.1. The molecule has 4 aromatic rings. The lowest BCUT2D eigenvalue weighted by atomic mass is 10.1. The number of anilines is 3. The quantitative estimate of drug-likeness (QED) is 0.386. The van der Waals surface area contributed by atoms with E-state index >= 15 is 0 Å². The number of hydrogen-bond acceptors (Lipinski definition) is 6. The average molecular weight is 487 g/mol. The second kappa shape index (κ2) is 10.1. The van der Waals surface area contributed by atoms with E-state index in [0.717, 1.165) is 42.0 Å². The Hall–Kier alpha value is -3.98. The van der Waals surface area contributed by atoms with E-state index in [9.17, 15) is 9.59 Å². The van der Waals surface area contributed by atoms with Crippen LogP contribution in [0.1, 0.15) is 47.6 Å². The molecule has 35 heavy (non-hydrogen) atoms. The molecule has 1 aliphatic heterocycles. The minimum Gasteiger partial charge on any atom is -0.363 e. The van der Waals surface area contributed by atoms with Gasteiger partial charge in [-0.05, 0) is 66.9 Å². The molecule has 0 bridgehead atoms. The molecule has 0 aliphatic carbocycles. The van der Waals surface area contributed by atoms with Crippen molar-refractivity contribution in [3.8, 4) is 0 Å². The number of amides is 2. The topological polar surface area (TPSA) is 92.2 Å². The molecular weight excluding hydrogens is 460 g/mol. The lowest BCUT2D eigenvalue weighted by Gasteiger charge is -2.25. The summed E-state index contributed by atoms with van der Waals surface area (Å²) in [6.07, 6.45) is 7.47. The van der Waals surface area contributed by atoms with E-state index in [1.807, 2.05) is 64.7 Å². The molecule has 2 amide bonds. The fourth-order valence-corrected chi connectivity index (χ4v) is 5.18. The molecule has 3 aromatic heterocycles. The highest BCUT2D eigenvalue weighted by Gasteiger charge is 2.28. The Morgan fingerprint density at radius 1 is 1.09 bits per heavy atom. The minimum absolute atomic E-state index is 0.0847. The molecule has 0 saturated carbocycles. The van der Waals surface area contributed by atoms with Gasteiger partial charge in [0.15, 0.2) is 5.13 Å². The molecule has 2 N–H and O–H groups in total. The van der Waals surface area contributed by atoms with Crippen molar-refractivity contribution in [1.82, 2.24) is 14.5 Å². The smallest absolute Gasteiger partial charge is 0.274 e. The highest BCUT2D eigenvalue weighted by molar-refractivity contribution is 7.14. The summed E-state index contributed by atoms with van der Waals surface area (Å²) in [5.41, 5.74) is 4.49. The van der Waals surface area contributed by atoms with Gasteiger partial charge in [0.1, 0.15) is 5.69 Å². The van der Waals surface area contributed by atoms with Gasteiger partial charge in [-0.1, -0.05) is 0 Å². The van der Waals surface area contributed by atoms with Crippen molar-refractivity contribution < 1.29 is 9.59 Å². The van der Waals surface area contributed by atoms with Crippen LogP contribution in [-0.2, 0) is 11.3 Å². The van der Waals surface area contributed by atoms with Crippen molar-refractivity contribution in [3.63, 3.8) is 0 Å². The van der Waals surface area contributed by atoms with Crippen molar-refractivity contribution in [1.29, 1.82) is 0 Å². The molecular formula is C26H26N6O2S. The van der Waals surface area contributed by atoms with Gasteiger partial charge in [-0.15, -0.1) is 11.3 Å². The number of aromatic nitrogens is 3. The Labute approximate surface area is 207 Å². The summed E-state index contributed by atoms with van der Waals surface area (Å²) in [6.45, 7) is 3.03. The molecule has 9 heteroatoms. The molecule has 5 rings (SSSR count). The zero-order chi connectivity index (χ0) is 24.2. The number of pyridine rings is 1. The van der Waals surface area contributed by atoms with E-state index in [1.165, 1.54) is 18.3 Å². The monoisotopic (exact) mass is 486 g/mol. The van der Waals surface area contributed by atoms with E-state index in [2.05, 4.69) is 20.5 Å². The fraction of sp³-hybridized carbons (Fsp3) is 0.231. The number of benzene rings is 1. The number of nitrogens with one attached hydrogen (secondary N) is 2. The summed E-state index contributed by atoms with van der Waals surface area (Å²) in [5, 5.41) is 8.39. The second-order valence-electron chi connectivity index (χ2n) is 8.49. The Morgan fingerprint density at radius 2 is 1.89 bits per heavy atom. The molecule has 4 heterocycles. The third-order valence-corrected chi connectivity index (χ3v) is 6.80. The zero-order valence-electron chi connectivity index (χ0n) is 19.3. The lowest BCUT2D eigenvalue weighted by Crippen LogP contribution is -2.23. The Balaban J connectivity index is 1.27. The maximum atomic E-state index is 13.0. The van der Waals surface area contributed by atoms with Crippen LogP contribution in [0.2, 0.25) is 0 Å². The first-order valence-electron chi connectivity index (χ1n) is 11.5. The van der Waals surface area contributed by atoms with Crippen LogP contribution in [0.3, 0.4) is 0 Å². The molecule has 1 atom stereocenters. The number of rotatable bonds is 7. The summed E-state index contributed by atoms with van der Waals surface area (Å²) in [5.74, 6) is -0.264. The van der Waals surface area contributed by atoms with Gasteiger partial charge in [-0.25, -0.2) is 4.98 Å². The first kappa shape index (κ1) is 22.8. The predicted octanol–water partition coefficient (Wildman–Crippen LogP) is 4.94. The SMILES string of the molecule is CC(=O)Nc1ccc(N2CCC[C@@H]2c2csc(NC(=O)c3cccn3Cc3ccncc3)n2)cc1. The molecule has 1 fully saturated rings. The zero-order valence-corrected chi connectivity index (χ0v) is 20.2. The van der Waals surface area contributed by atoms with Gasteiger partial charge in [0.25, 0.3) is 5.91 Å². The average Bonchev–Trinajstić information content (AvgIpc) is 3.61. The van der Waals surface area contributed by atoms with Crippen LogP contribution in [0.4, 0.5) is 16.5 Å². The van der Waals surface area contributed by atoms with E-state index in [1.54, 1.807) is 12.4 Å². The molecule has 1 aromatic carbocycles. The van der Waals surface area contributed by atoms with Crippen molar-refractivity contribution in [2.45, 2.75) is 32.4 Å². The summed E-state index contributed by atoms with van der Waals surface area (Å²) >= 11 is 1.44. The Kier molecular flexibility index (Phi) is 6.58. The highest BCUT2D eigenvalue weighted by Crippen LogP contribution is 2.37. The largest absolute Gasteiger partial charge is 0.363 e. The van der Waals surface area contributed by atoms with Crippen LogP contribution in [0.5, 0.6) is 0 Å². The molecule has 8 nitrogen and oxygen atoms in total. The molecule has 0 unspecified atom stereocenters. The number of nitrogens with zero attached hydrogens (tertiary/aromatic N) is 4. The van der Waals surface area contributed by atoms with E-state index in [0.29, 0.717) is 17.4 Å². The molecule has 178 valence electrons. The maximum Gasteiger partial charge on any atom is 0.274 e. The summed E-state index contributed by atoms with van der Waals surface area (Å²) in [7, 11) is 0.